The lowest BCUT2D eigenvalue weighted by Gasteiger charge is -2.23. The molecule has 128 valence electrons. The van der Waals surface area contributed by atoms with Crippen LogP contribution in [0.15, 0.2) is 24.3 Å². The number of carbonyl (C=O) groups is 1. The van der Waals surface area contributed by atoms with Gasteiger partial charge in [0.05, 0.1) is 7.11 Å². The number of ether oxygens (including phenoxy) is 1. The molecule has 24 heavy (non-hydrogen) atoms. The van der Waals surface area contributed by atoms with Crippen molar-refractivity contribution in [3.63, 3.8) is 0 Å². The Morgan fingerprint density at radius 3 is 2.88 bits per heavy atom. The first-order valence-corrected chi connectivity index (χ1v) is 8.66. The van der Waals surface area contributed by atoms with E-state index in [1.165, 1.54) is 11.3 Å². The van der Waals surface area contributed by atoms with Crippen LogP contribution in [0.25, 0.3) is 0 Å². The molecule has 1 saturated heterocycles. The van der Waals surface area contributed by atoms with Crippen LogP contribution in [0.2, 0.25) is 0 Å². The number of methoxy groups -OCH3 is 1. The second-order valence-corrected chi connectivity index (χ2v) is 6.60. The number of nitrogens with zero attached hydrogens (tertiary/aromatic N) is 1. The third kappa shape index (κ3) is 3.95. The van der Waals surface area contributed by atoms with Gasteiger partial charge in [0, 0.05) is 18.3 Å². The molecule has 0 saturated carbocycles. The van der Waals surface area contributed by atoms with E-state index in [0.717, 1.165) is 37.4 Å². The molecule has 1 aromatic carbocycles. The molecule has 2 heterocycles. The topological polar surface area (TPSA) is 101 Å². The third-order valence-corrected chi connectivity index (χ3v) is 4.82. The van der Waals surface area contributed by atoms with Gasteiger partial charge < -0.3 is 26.4 Å². The number of carbonyl (C=O) groups excluding carboxylic acids is 1. The lowest BCUT2D eigenvalue weighted by atomic mass is 10.1. The minimum Gasteiger partial charge on any atom is -0.497 e. The number of piperidine rings is 1. The van der Waals surface area contributed by atoms with E-state index < -0.39 is 0 Å². The van der Waals surface area contributed by atoms with Gasteiger partial charge in [0.2, 0.25) is 0 Å². The molecule has 3 rings (SSSR count). The van der Waals surface area contributed by atoms with Crippen LogP contribution in [0.3, 0.4) is 0 Å². The Balaban J connectivity index is 1.66. The van der Waals surface area contributed by atoms with Gasteiger partial charge >= 0.3 is 0 Å². The maximum atomic E-state index is 12.4. The minimum absolute atomic E-state index is 0.144. The molecule has 1 aliphatic rings. The predicted molar refractivity (Wildman–Crippen MR) is 96.2 cm³/mol. The standard InChI is InChI=1S/C16H21N5O2S/c1-23-12-6-4-10(5-7-12)20-16-21-14(17)13(24-16)15(22)19-11-3-2-8-18-9-11/h4-7,11,18H,2-3,8-9,17H2,1H3,(H,19,22)(H,20,21). The van der Waals surface area contributed by atoms with Crippen LogP contribution in [-0.4, -0.2) is 37.1 Å². The molecule has 8 heteroatoms. The molecule has 5 N–H and O–H groups in total. The van der Waals surface area contributed by atoms with Crippen LogP contribution < -0.4 is 26.4 Å². The molecule has 0 radical (unpaired) electrons. The van der Waals surface area contributed by atoms with Gasteiger partial charge in [-0.1, -0.05) is 11.3 Å². The van der Waals surface area contributed by atoms with Gasteiger partial charge in [0.1, 0.15) is 16.4 Å². The van der Waals surface area contributed by atoms with E-state index in [9.17, 15) is 4.79 Å². The molecule has 1 aliphatic heterocycles. The molecule has 0 spiro atoms. The van der Waals surface area contributed by atoms with Crippen molar-refractivity contribution in [3.8, 4) is 5.75 Å². The van der Waals surface area contributed by atoms with Crippen LogP contribution in [0.1, 0.15) is 22.5 Å². The van der Waals surface area contributed by atoms with Crippen LogP contribution in [0.5, 0.6) is 5.75 Å². The van der Waals surface area contributed by atoms with Gasteiger partial charge in [-0.05, 0) is 43.7 Å². The molecule has 0 bridgehead atoms. The van der Waals surface area contributed by atoms with Gasteiger partial charge in [-0.25, -0.2) is 4.98 Å². The van der Waals surface area contributed by atoms with E-state index in [1.54, 1.807) is 7.11 Å². The number of aromatic nitrogens is 1. The molecular formula is C16H21N5O2S. The number of hydrogen-bond acceptors (Lipinski definition) is 7. The van der Waals surface area contributed by atoms with Crippen LogP contribution in [0, 0.1) is 0 Å². The van der Waals surface area contributed by atoms with E-state index in [2.05, 4.69) is 20.9 Å². The van der Waals surface area contributed by atoms with Crippen molar-refractivity contribution in [2.45, 2.75) is 18.9 Å². The Morgan fingerprint density at radius 2 is 2.21 bits per heavy atom. The van der Waals surface area contributed by atoms with Gasteiger partial charge in [0.25, 0.3) is 5.91 Å². The Morgan fingerprint density at radius 1 is 1.42 bits per heavy atom. The lowest BCUT2D eigenvalue weighted by Crippen LogP contribution is -2.45. The first kappa shape index (κ1) is 16.5. The lowest BCUT2D eigenvalue weighted by molar-refractivity contribution is 0.0935. The van der Waals surface area contributed by atoms with Gasteiger partial charge in [0.15, 0.2) is 5.13 Å². The Kier molecular flexibility index (Phi) is 5.17. The summed E-state index contributed by atoms with van der Waals surface area (Å²) < 4.78 is 5.13. The third-order valence-electron chi connectivity index (χ3n) is 3.83. The van der Waals surface area contributed by atoms with E-state index >= 15 is 0 Å². The quantitative estimate of drug-likeness (QED) is 0.660. The highest BCUT2D eigenvalue weighted by Crippen LogP contribution is 2.28. The molecule has 1 amide bonds. The fourth-order valence-corrected chi connectivity index (χ4v) is 3.38. The predicted octanol–water partition coefficient (Wildman–Crippen LogP) is 1.96. The van der Waals surface area contributed by atoms with Crippen molar-refractivity contribution in [1.29, 1.82) is 0 Å². The summed E-state index contributed by atoms with van der Waals surface area (Å²) in [4.78, 5) is 17.1. The fraction of sp³-hybridized carbons (Fsp3) is 0.375. The number of nitrogens with two attached hydrogens (primary N) is 1. The number of rotatable bonds is 5. The van der Waals surface area contributed by atoms with Crippen LogP contribution in [-0.2, 0) is 0 Å². The fourth-order valence-electron chi connectivity index (χ4n) is 2.57. The number of hydrogen-bond donors (Lipinski definition) is 4. The van der Waals surface area contributed by atoms with Crippen molar-refractivity contribution in [1.82, 2.24) is 15.6 Å². The van der Waals surface area contributed by atoms with Crippen molar-refractivity contribution >= 4 is 33.9 Å². The molecular weight excluding hydrogens is 326 g/mol. The highest BCUT2D eigenvalue weighted by Gasteiger charge is 2.21. The smallest absolute Gasteiger partial charge is 0.265 e. The Hall–Kier alpha value is -2.32. The van der Waals surface area contributed by atoms with Crippen LogP contribution in [0.4, 0.5) is 16.6 Å². The van der Waals surface area contributed by atoms with E-state index in [4.69, 9.17) is 10.5 Å². The highest BCUT2D eigenvalue weighted by molar-refractivity contribution is 7.18. The highest BCUT2D eigenvalue weighted by atomic mass is 32.1. The van der Waals surface area contributed by atoms with Crippen molar-refractivity contribution < 1.29 is 9.53 Å². The average molecular weight is 347 g/mol. The largest absolute Gasteiger partial charge is 0.497 e. The number of nitrogens with one attached hydrogen (secondary N) is 3. The summed E-state index contributed by atoms with van der Waals surface area (Å²) in [6.07, 6.45) is 2.04. The zero-order valence-electron chi connectivity index (χ0n) is 13.5. The maximum Gasteiger partial charge on any atom is 0.265 e. The van der Waals surface area contributed by atoms with Gasteiger partial charge in [-0.2, -0.15) is 0 Å². The molecule has 7 nitrogen and oxygen atoms in total. The molecule has 1 aromatic heterocycles. The normalized spacial score (nSPS) is 17.3. The summed E-state index contributed by atoms with van der Waals surface area (Å²) >= 11 is 1.25. The molecule has 2 aromatic rings. The summed E-state index contributed by atoms with van der Waals surface area (Å²) in [5, 5.41) is 10.0. The Bertz CT molecular complexity index is 695. The summed E-state index contributed by atoms with van der Waals surface area (Å²) in [6, 6.07) is 7.60. The average Bonchev–Trinajstić information content (AvgIpc) is 2.97. The monoisotopic (exact) mass is 347 g/mol. The van der Waals surface area contributed by atoms with E-state index in [0.29, 0.717) is 10.0 Å². The minimum atomic E-state index is -0.165. The molecule has 1 unspecified atom stereocenters. The molecule has 1 atom stereocenters. The SMILES string of the molecule is COc1ccc(Nc2nc(N)c(C(=O)NC3CCCNC3)s2)cc1. The first-order chi connectivity index (χ1) is 11.7. The van der Waals surface area contributed by atoms with Gasteiger partial charge in [-0.3, -0.25) is 4.79 Å². The Labute approximate surface area is 144 Å². The molecule has 1 fully saturated rings. The van der Waals surface area contributed by atoms with Crippen molar-refractivity contribution in [2.75, 3.05) is 31.2 Å². The summed E-state index contributed by atoms with van der Waals surface area (Å²) in [5.41, 5.74) is 6.76. The zero-order valence-corrected chi connectivity index (χ0v) is 14.3. The number of benzene rings is 1. The second kappa shape index (κ2) is 7.50. The zero-order chi connectivity index (χ0) is 16.9. The maximum absolute atomic E-state index is 12.4. The first-order valence-electron chi connectivity index (χ1n) is 7.84. The number of amides is 1. The van der Waals surface area contributed by atoms with E-state index in [-0.39, 0.29) is 17.8 Å². The van der Waals surface area contributed by atoms with Crippen LogP contribution >= 0.6 is 11.3 Å². The van der Waals surface area contributed by atoms with Crippen molar-refractivity contribution in [2.24, 2.45) is 0 Å². The molecule has 0 aliphatic carbocycles. The summed E-state index contributed by atoms with van der Waals surface area (Å²) in [6.45, 7) is 1.80. The number of nitrogen functional groups attached to an aromatic ring is 1. The number of anilines is 3. The summed E-state index contributed by atoms with van der Waals surface area (Å²) in [7, 11) is 1.62. The van der Waals surface area contributed by atoms with Gasteiger partial charge in [-0.15, -0.1) is 0 Å². The number of thiazole rings is 1. The van der Waals surface area contributed by atoms with Crippen molar-refractivity contribution in [3.05, 3.63) is 29.1 Å². The van der Waals surface area contributed by atoms with E-state index in [1.807, 2.05) is 24.3 Å². The second-order valence-electron chi connectivity index (χ2n) is 5.60. The summed E-state index contributed by atoms with van der Waals surface area (Å²) in [5.74, 6) is 0.860.